The molecule has 0 fully saturated rings. The second-order valence-electron chi connectivity index (χ2n) is 4.68. The molecule has 88 valence electrons. The van der Waals surface area contributed by atoms with Crippen molar-refractivity contribution in [2.45, 2.75) is 32.7 Å². The smallest absolute Gasteiger partial charge is 0.115 e. The molecule has 3 nitrogen and oxygen atoms in total. The first-order valence-corrected chi connectivity index (χ1v) is 5.58. The molecule has 0 aromatic heterocycles. The molecule has 0 amide bonds. The van der Waals surface area contributed by atoms with E-state index in [2.05, 4.69) is 10.4 Å². The summed E-state index contributed by atoms with van der Waals surface area (Å²) in [6.45, 7) is 6.10. The third-order valence-corrected chi connectivity index (χ3v) is 2.17. The van der Waals surface area contributed by atoms with Crippen LogP contribution in [0.3, 0.4) is 0 Å². The maximum atomic E-state index is 5.82. The number of aliphatic imine (C=N–C) groups is 1. The Labute approximate surface area is 102 Å². The lowest BCUT2D eigenvalue weighted by Crippen LogP contribution is -2.34. The van der Waals surface area contributed by atoms with Crippen molar-refractivity contribution < 1.29 is 0 Å². The fraction of sp³-hybridized carbons (Fsp3) is 0.417. The molecule has 4 heteroatoms. The number of nitrogens with zero attached hydrogens (tertiary/aromatic N) is 1. The Hall–Kier alpha value is -1.06. The molecule has 1 rings (SSSR count). The zero-order valence-electron chi connectivity index (χ0n) is 9.92. The predicted octanol–water partition coefficient (Wildman–Crippen LogP) is 2.54. The fourth-order valence-corrected chi connectivity index (χ4v) is 1.45. The van der Waals surface area contributed by atoms with Crippen LogP contribution in [0.5, 0.6) is 0 Å². The standard InChI is InChI=1S/C12H18ClN3/c1-12(2,3)15-11(16-14)8-9-4-6-10(13)7-5-9/h4-7H,8,14H2,1-3H3,(H,15,16). The zero-order chi connectivity index (χ0) is 12.2. The largest absolute Gasteiger partial charge is 0.312 e. The Morgan fingerprint density at radius 3 is 2.31 bits per heavy atom. The number of nitrogens with one attached hydrogen (secondary N) is 1. The molecule has 0 aliphatic heterocycles. The van der Waals surface area contributed by atoms with Crippen LogP contribution >= 0.6 is 11.6 Å². The van der Waals surface area contributed by atoms with Crippen LogP contribution in [0.15, 0.2) is 29.3 Å². The highest BCUT2D eigenvalue weighted by molar-refractivity contribution is 6.30. The van der Waals surface area contributed by atoms with Crippen molar-refractivity contribution in [3.05, 3.63) is 34.9 Å². The van der Waals surface area contributed by atoms with Crippen LogP contribution in [0.25, 0.3) is 0 Å². The average molecular weight is 240 g/mol. The van der Waals surface area contributed by atoms with Crippen molar-refractivity contribution in [1.29, 1.82) is 0 Å². The molecule has 0 saturated carbocycles. The van der Waals surface area contributed by atoms with Crippen LogP contribution in [-0.4, -0.2) is 11.4 Å². The summed E-state index contributed by atoms with van der Waals surface area (Å²) < 4.78 is 0. The van der Waals surface area contributed by atoms with Crippen LogP contribution < -0.4 is 11.3 Å². The summed E-state index contributed by atoms with van der Waals surface area (Å²) in [5, 5.41) is 0.735. The molecule has 1 aromatic rings. The van der Waals surface area contributed by atoms with Gasteiger partial charge in [0.2, 0.25) is 0 Å². The van der Waals surface area contributed by atoms with E-state index in [0.29, 0.717) is 6.42 Å². The number of benzene rings is 1. The summed E-state index contributed by atoms with van der Waals surface area (Å²) in [7, 11) is 0. The summed E-state index contributed by atoms with van der Waals surface area (Å²) in [5.74, 6) is 6.22. The number of halogens is 1. The summed E-state index contributed by atoms with van der Waals surface area (Å²) in [5.41, 5.74) is 3.64. The van der Waals surface area contributed by atoms with E-state index < -0.39 is 0 Å². The quantitative estimate of drug-likeness (QED) is 0.361. The summed E-state index contributed by atoms with van der Waals surface area (Å²) >= 11 is 5.82. The fourth-order valence-electron chi connectivity index (χ4n) is 1.32. The van der Waals surface area contributed by atoms with Gasteiger partial charge in [0.1, 0.15) is 5.84 Å². The molecule has 0 bridgehead atoms. The Balaban J connectivity index is 2.78. The highest BCUT2D eigenvalue weighted by Crippen LogP contribution is 2.12. The van der Waals surface area contributed by atoms with Gasteiger partial charge in [-0.15, -0.1) is 0 Å². The minimum Gasteiger partial charge on any atom is -0.312 e. The van der Waals surface area contributed by atoms with E-state index in [-0.39, 0.29) is 5.54 Å². The van der Waals surface area contributed by atoms with Crippen molar-refractivity contribution in [1.82, 2.24) is 5.43 Å². The first kappa shape index (κ1) is 13.0. The predicted molar refractivity (Wildman–Crippen MR) is 69.7 cm³/mol. The van der Waals surface area contributed by atoms with Crippen LogP contribution in [-0.2, 0) is 6.42 Å². The van der Waals surface area contributed by atoms with Crippen molar-refractivity contribution in [3.63, 3.8) is 0 Å². The molecule has 0 saturated heterocycles. The van der Waals surface area contributed by atoms with E-state index in [1.54, 1.807) is 0 Å². The minimum absolute atomic E-state index is 0.131. The second-order valence-corrected chi connectivity index (χ2v) is 5.11. The normalized spacial score (nSPS) is 12.7. The lowest BCUT2D eigenvalue weighted by molar-refractivity contribution is 0.578. The molecular formula is C12H18ClN3. The topological polar surface area (TPSA) is 50.4 Å². The van der Waals surface area contributed by atoms with Gasteiger partial charge in [-0.05, 0) is 38.5 Å². The number of hydrogen-bond donors (Lipinski definition) is 2. The van der Waals surface area contributed by atoms with Gasteiger partial charge >= 0.3 is 0 Å². The van der Waals surface area contributed by atoms with E-state index in [4.69, 9.17) is 17.4 Å². The molecule has 3 N–H and O–H groups in total. The molecule has 0 atom stereocenters. The highest BCUT2D eigenvalue weighted by Gasteiger charge is 2.09. The van der Waals surface area contributed by atoms with Gasteiger partial charge in [0.15, 0.2) is 0 Å². The van der Waals surface area contributed by atoms with Gasteiger partial charge in [0.05, 0.1) is 5.54 Å². The number of hydrazine groups is 1. The van der Waals surface area contributed by atoms with Crippen molar-refractivity contribution >= 4 is 17.4 Å². The SMILES string of the molecule is CC(C)(C)N=C(Cc1ccc(Cl)cc1)NN. The zero-order valence-corrected chi connectivity index (χ0v) is 10.7. The molecule has 0 spiro atoms. The monoisotopic (exact) mass is 239 g/mol. The molecule has 1 aromatic carbocycles. The van der Waals surface area contributed by atoms with Gasteiger partial charge in [-0.2, -0.15) is 0 Å². The summed E-state index contributed by atoms with van der Waals surface area (Å²) in [6, 6.07) is 7.67. The van der Waals surface area contributed by atoms with Gasteiger partial charge in [-0.1, -0.05) is 23.7 Å². The van der Waals surface area contributed by atoms with Crippen LogP contribution in [0.1, 0.15) is 26.3 Å². The van der Waals surface area contributed by atoms with Crippen molar-refractivity contribution in [2.24, 2.45) is 10.8 Å². The molecule has 0 radical (unpaired) electrons. The van der Waals surface area contributed by atoms with E-state index in [9.17, 15) is 0 Å². The number of hydrogen-bond acceptors (Lipinski definition) is 2. The Kier molecular flexibility index (Phi) is 4.33. The van der Waals surface area contributed by atoms with Gasteiger partial charge in [-0.3, -0.25) is 4.99 Å². The third-order valence-electron chi connectivity index (χ3n) is 1.92. The van der Waals surface area contributed by atoms with Gasteiger partial charge in [-0.25, -0.2) is 5.84 Å². The third kappa shape index (κ3) is 4.64. The van der Waals surface area contributed by atoms with E-state index >= 15 is 0 Å². The number of nitrogens with two attached hydrogens (primary N) is 1. The van der Waals surface area contributed by atoms with Gasteiger partial charge in [0.25, 0.3) is 0 Å². The Morgan fingerprint density at radius 2 is 1.88 bits per heavy atom. The highest BCUT2D eigenvalue weighted by atomic mass is 35.5. The first-order valence-electron chi connectivity index (χ1n) is 5.20. The maximum absolute atomic E-state index is 5.82. The van der Waals surface area contributed by atoms with Crippen LogP contribution in [0.2, 0.25) is 5.02 Å². The first-order chi connectivity index (χ1) is 7.40. The summed E-state index contributed by atoms with van der Waals surface area (Å²) in [4.78, 5) is 4.49. The Morgan fingerprint density at radius 1 is 1.31 bits per heavy atom. The molecule has 0 aliphatic carbocycles. The van der Waals surface area contributed by atoms with Crippen molar-refractivity contribution in [3.8, 4) is 0 Å². The van der Waals surface area contributed by atoms with Gasteiger partial charge in [0, 0.05) is 11.4 Å². The molecule has 0 heterocycles. The Bertz CT molecular complexity index is 363. The molecule has 0 aliphatic rings. The second kappa shape index (κ2) is 5.32. The minimum atomic E-state index is -0.131. The van der Waals surface area contributed by atoms with Crippen LogP contribution in [0, 0.1) is 0 Å². The molecular weight excluding hydrogens is 222 g/mol. The lowest BCUT2D eigenvalue weighted by Gasteiger charge is -2.15. The molecule has 0 unspecified atom stereocenters. The van der Waals surface area contributed by atoms with Crippen molar-refractivity contribution in [2.75, 3.05) is 0 Å². The van der Waals surface area contributed by atoms with Gasteiger partial charge < -0.3 is 5.43 Å². The average Bonchev–Trinajstić information content (AvgIpc) is 2.18. The molecule has 16 heavy (non-hydrogen) atoms. The van der Waals surface area contributed by atoms with E-state index in [1.807, 2.05) is 45.0 Å². The lowest BCUT2D eigenvalue weighted by atomic mass is 10.1. The van der Waals surface area contributed by atoms with Crippen LogP contribution in [0.4, 0.5) is 0 Å². The number of rotatable bonds is 2. The number of amidine groups is 1. The van der Waals surface area contributed by atoms with E-state index in [1.165, 1.54) is 0 Å². The van der Waals surface area contributed by atoms with E-state index in [0.717, 1.165) is 16.4 Å². The maximum Gasteiger partial charge on any atom is 0.115 e. The summed E-state index contributed by atoms with van der Waals surface area (Å²) in [6.07, 6.45) is 0.685.